The van der Waals surface area contributed by atoms with E-state index in [-0.39, 0.29) is 11.9 Å². The minimum Gasteiger partial charge on any atom is -0.354 e. The van der Waals surface area contributed by atoms with E-state index in [1.807, 2.05) is 0 Å². The monoisotopic (exact) mass is 194 g/mol. The van der Waals surface area contributed by atoms with Gasteiger partial charge in [0.15, 0.2) is 0 Å². The molecule has 1 aliphatic carbocycles. The van der Waals surface area contributed by atoms with Crippen LogP contribution in [0.1, 0.15) is 25.7 Å². The van der Waals surface area contributed by atoms with Crippen molar-refractivity contribution in [3.63, 3.8) is 0 Å². The van der Waals surface area contributed by atoms with E-state index in [2.05, 4.69) is 22.8 Å². The fraction of sp³-hybridized carbons (Fsp3) is 0.727. The van der Waals surface area contributed by atoms with Crippen molar-refractivity contribution >= 4 is 5.91 Å². The summed E-state index contributed by atoms with van der Waals surface area (Å²) < 4.78 is 0. The minimum absolute atomic E-state index is 0.0918. The molecule has 2 unspecified atom stereocenters. The van der Waals surface area contributed by atoms with Gasteiger partial charge in [-0.2, -0.15) is 0 Å². The molecule has 0 saturated carbocycles. The maximum atomic E-state index is 11.5. The third-order valence-corrected chi connectivity index (χ3v) is 3.08. The van der Waals surface area contributed by atoms with Crippen molar-refractivity contribution in [2.24, 2.45) is 5.92 Å². The highest BCUT2D eigenvalue weighted by Gasteiger charge is 2.24. The second kappa shape index (κ2) is 4.60. The number of amides is 1. The first-order valence-corrected chi connectivity index (χ1v) is 5.52. The molecule has 78 valence electrons. The summed E-state index contributed by atoms with van der Waals surface area (Å²) in [6, 6.07) is 0.0918. The van der Waals surface area contributed by atoms with Gasteiger partial charge in [0, 0.05) is 6.54 Å². The van der Waals surface area contributed by atoms with Crippen LogP contribution in [-0.4, -0.2) is 25.0 Å². The normalized spacial score (nSPS) is 30.9. The Hall–Kier alpha value is -0.830. The van der Waals surface area contributed by atoms with Crippen molar-refractivity contribution in [2.45, 2.75) is 31.7 Å². The van der Waals surface area contributed by atoms with Gasteiger partial charge in [0.2, 0.25) is 5.91 Å². The Bertz CT molecular complexity index is 233. The highest BCUT2D eigenvalue weighted by atomic mass is 16.2. The number of allylic oxidation sites excluding steroid dienone is 2. The van der Waals surface area contributed by atoms with Gasteiger partial charge in [0.05, 0.1) is 6.04 Å². The molecule has 0 bridgehead atoms. The van der Waals surface area contributed by atoms with Crippen molar-refractivity contribution < 1.29 is 4.79 Å². The number of nitrogens with one attached hydrogen (secondary N) is 2. The van der Waals surface area contributed by atoms with Gasteiger partial charge in [-0.1, -0.05) is 12.2 Å². The zero-order valence-electron chi connectivity index (χ0n) is 8.46. The molecule has 2 atom stereocenters. The van der Waals surface area contributed by atoms with E-state index in [0.717, 1.165) is 25.9 Å². The van der Waals surface area contributed by atoms with E-state index >= 15 is 0 Å². The Balaban J connectivity index is 1.65. The van der Waals surface area contributed by atoms with Crippen LogP contribution in [0.4, 0.5) is 0 Å². The molecule has 2 aliphatic rings. The van der Waals surface area contributed by atoms with Crippen LogP contribution in [0.3, 0.4) is 0 Å². The molecule has 0 aromatic heterocycles. The second-order valence-corrected chi connectivity index (χ2v) is 4.19. The molecule has 0 aromatic carbocycles. The first kappa shape index (κ1) is 9.71. The Morgan fingerprint density at radius 2 is 2.29 bits per heavy atom. The van der Waals surface area contributed by atoms with Gasteiger partial charge in [0.1, 0.15) is 0 Å². The Morgan fingerprint density at radius 1 is 1.43 bits per heavy atom. The largest absolute Gasteiger partial charge is 0.354 e. The summed E-state index contributed by atoms with van der Waals surface area (Å²) in [6.07, 6.45) is 8.96. The van der Waals surface area contributed by atoms with Gasteiger partial charge in [0.25, 0.3) is 0 Å². The van der Waals surface area contributed by atoms with Crippen LogP contribution in [0.5, 0.6) is 0 Å². The minimum atomic E-state index is 0.0918. The van der Waals surface area contributed by atoms with Crippen LogP contribution < -0.4 is 10.6 Å². The quantitative estimate of drug-likeness (QED) is 0.653. The fourth-order valence-electron chi connectivity index (χ4n) is 1.92. The van der Waals surface area contributed by atoms with Gasteiger partial charge in [-0.3, -0.25) is 4.79 Å². The molecule has 1 heterocycles. The Morgan fingerprint density at radius 3 is 2.86 bits per heavy atom. The number of rotatable bonds is 3. The van der Waals surface area contributed by atoms with Crippen molar-refractivity contribution in [1.29, 1.82) is 0 Å². The van der Waals surface area contributed by atoms with E-state index in [9.17, 15) is 4.79 Å². The van der Waals surface area contributed by atoms with E-state index in [1.165, 1.54) is 12.8 Å². The topological polar surface area (TPSA) is 41.1 Å². The maximum Gasteiger partial charge on any atom is 0.237 e. The molecule has 1 amide bonds. The summed E-state index contributed by atoms with van der Waals surface area (Å²) >= 11 is 0. The van der Waals surface area contributed by atoms with Crippen LogP contribution in [-0.2, 0) is 4.79 Å². The Kier molecular flexibility index (Phi) is 3.19. The van der Waals surface area contributed by atoms with Crippen molar-refractivity contribution in [2.75, 3.05) is 13.1 Å². The van der Waals surface area contributed by atoms with Crippen LogP contribution >= 0.6 is 0 Å². The molecule has 3 heteroatoms. The van der Waals surface area contributed by atoms with Crippen LogP contribution in [0, 0.1) is 5.92 Å². The molecule has 0 radical (unpaired) electrons. The van der Waals surface area contributed by atoms with E-state index in [0.29, 0.717) is 5.92 Å². The molecule has 1 saturated heterocycles. The number of hydrogen-bond donors (Lipinski definition) is 2. The van der Waals surface area contributed by atoms with Crippen LogP contribution in [0.15, 0.2) is 12.2 Å². The highest BCUT2D eigenvalue weighted by molar-refractivity contribution is 5.82. The lowest BCUT2D eigenvalue weighted by molar-refractivity contribution is -0.124. The maximum absolute atomic E-state index is 11.5. The smallest absolute Gasteiger partial charge is 0.237 e. The SMILES string of the molecule is O=C(NCC1CC=CCC1)C1CCN1. The van der Waals surface area contributed by atoms with Gasteiger partial charge < -0.3 is 10.6 Å². The van der Waals surface area contributed by atoms with Gasteiger partial charge in [-0.15, -0.1) is 0 Å². The molecule has 14 heavy (non-hydrogen) atoms. The third-order valence-electron chi connectivity index (χ3n) is 3.08. The lowest BCUT2D eigenvalue weighted by Crippen LogP contribution is -2.53. The number of carbonyl (C=O) groups is 1. The Labute approximate surface area is 84.9 Å². The summed E-state index contributed by atoms with van der Waals surface area (Å²) in [5.74, 6) is 0.842. The molecule has 1 fully saturated rings. The predicted molar refractivity (Wildman–Crippen MR) is 55.9 cm³/mol. The summed E-state index contributed by atoms with van der Waals surface area (Å²) in [5, 5.41) is 6.13. The molecule has 0 aromatic rings. The summed E-state index contributed by atoms with van der Waals surface area (Å²) in [7, 11) is 0. The molecule has 0 spiro atoms. The van der Waals surface area contributed by atoms with E-state index < -0.39 is 0 Å². The molecule has 3 nitrogen and oxygen atoms in total. The predicted octanol–water partition coefficient (Wildman–Crippen LogP) is 0.821. The summed E-state index contributed by atoms with van der Waals surface area (Å²) in [4.78, 5) is 11.5. The van der Waals surface area contributed by atoms with E-state index in [4.69, 9.17) is 0 Å². The van der Waals surface area contributed by atoms with E-state index in [1.54, 1.807) is 0 Å². The summed E-state index contributed by atoms with van der Waals surface area (Å²) in [6.45, 7) is 1.84. The fourth-order valence-corrected chi connectivity index (χ4v) is 1.92. The molecular formula is C11H18N2O. The second-order valence-electron chi connectivity index (χ2n) is 4.19. The average molecular weight is 194 g/mol. The standard InChI is InChI=1S/C11H18N2O/c14-11(10-6-7-12-10)13-8-9-4-2-1-3-5-9/h1-2,9-10,12H,3-8H2,(H,13,14). The van der Waals surface area contributed by atoms with Crippen LogP contribution in [0.2, 0.25) is 0 Å². The lowest BCUT2D eigenvalue weighted by atomic mass is 9.94. The average Bonchev–Trinajstić information content (AvgIpc) is 2.14. The highest BCUT2D eigenvalue weighted by Crippen LogP contribution is 2.17. The first-order chi connectivity index (χ1) is 6.86. The third kappa shape index (κ3) is 2.35. The number of carbonyl (C=O) groups excluding carboxylic acids is 1. The molecule has 2 N–H and O–H groups in total. The summed E-state index contributed by atoms with van der Waals surface area (Å²) in [5.41, 5.74) is 0. The van der Waals surface area contributed by atoms with Crippen molar-refractivity contribution in [3.05, 3.63) is 12.2 Å². The lowest BCUT2D eigenvalue weighted by Gasteiger charge is -2.27. The zero-order valence-corrected chi connectivity index (χ0v) is 8.46. The molecular weight excluding hydrogens is 176 g/mol. The van der Waals surface area contributed by atoms with Crippen molar-refractivity contribution in [1.82, 2.24) is 10.6 Å². The van der Waals surface area contributed by atoms with Gasteiger partial charge in [-0.05, 0) is 38.1 Å². The number of hydrogen-bond acceptors (Lipinski definition) is 2. The van der Waals surface area contributed by atoms with Crippen LogP contribution in [0.25, 0.3) is 0 Å². The zero-order chi connectivity index (χ0) is 9.80. The van der Waals surface area contributed by atoms with Crippen molar-refractivity contribution in [3.8, 4) is 0 Å². The molecule has 2 rings (SSSR count). The first-order valence-electron chi connectivity index (χ1n) is 5.52. The molecule has 1 aliphatic heterocycles. The van der Waals surface area contributed by atoms with Gasteiger partial charge in [-0.25, -0.2) is 0 Å². The van der Waals surface area contributed by atoms with Gasteiger partial charge >= 0.3 is 0 Å².